The number of hydrogen-bond donors (Lipinski definition) is 2. The Morgan fingerprint density at radius 1 is 1.42 bits per heavy atom. The predicted octanol–water partition coefficient (Wildman–Crippen LogP) is 3.66. The number of thiophene rings is 1. The van der Waals surface area contributed by atoms with Gasteiger partial charge in [-0.3, -0.25) is 4.79 Å². The van der Waals surface area contributed by atoms with Gasteiger partial charge in [0.05, 0.1) is 21.5 Å². The van der Waals surface area contributed by atoms with Crippen molar-refractivity contribution >= 4 is 44.5 Å². The summed E-state index contributed by atoms with van der Waals surface area (Å²) in [5.74, 6) is 0.377. The molecule has 0 saturated carbocycles. The van der Waals surface area contributed by atoms with Crippen LogP contribution in [0.4, 0.5) is 11.4 Å². The van der Waals surface area contributed by atoms with Crippen molar-refractivity contribution in [1.82, 2.24) is 0 Å². The van der Waals surface area contributed by atoms with E-state index in [2.05, 4.69) is 21.2 Å². The molecule has 1 heterocycles. The number of nitrogens with one attached hydrogen (secondary N) is 1. The summed E-state index contributed by atoms with van der Waals surface area (Å²) in [5.41, 5.74) is 7.90. The second-order valence-corrected chi connectivity index (χ2v) is 6.35. The first-order valence-corrected chi connectivity index (χ1v) is 7.13. The summed E-state index contributed by atoms with van der Waals surface area (Å²) in [6, 6.07) is 6.95. The molecule has 100 valence electrons. The van der Waals surface area contributed by atoms with Gasteiger partial charge in [-0.2, -0.15) is 0 Å². The fourth-order valence-corrected chi connectivity index (χ4v) is 3.00. The molecule has 0 unspecified atom stereocenters. The summed E-state index contributed by atoms with van der Waals surface area (Å²) in [4.78, 5) is 12.8. The third kappa shape index (κ3) is 3.08. The number of nitrogen functional groups attached to an aromatic ring is 1. The van der Waals surface area contributed by atoms with Gasteiger partial charge in [0.1, 0.15) is 5.75 Å². The molecule has 3 N–H and O–H groups in total. The molecule has 1 amide bonds. The van der Waals surface area contributed by atoms with E-state index in [4.69, 9.17) is 10.5 Å². The van der Waals surface area contributed by atoms with Crippen LogP contribution in [0.25, 0.3) is 0 Å². The van der Waals surface area contributed by atoms with Crippen LogP contribution >= 0.6 is 27.3 Å². The SMILES string of the molecule is COc1cc(N)ccc1NC(=O)c1cc(C)c(Br)s1. The number of amides is 1. The summed E-state index contributed by atoms with van der Waals surface area (Å²) >= 11 is 4.80. The molecule has 0 aliphatic carbocycles. The van der Waals surface area contributed by atoms with E-state index in [1.807, 2.05) is 13.0 Å². The highest BCUT2D eigenvalue weighted by atomic mass is 79.9. The second-order valence-electron chi connectivity index (χ2n) is 3.98. The fourth-order valence-electron chi connectivity index (χ4n) is 1.57. The number of rotatable bonds is 3. The minimum Gasteiger partial charge on any atom is -0.494 e. The van der Waals surface area contributed by atoms with Crippen LogP contribution in [0.2, 0.25) is 0 Å². The summed E-state index contributed by atoms with van der Waals surface area (Å²) < 4.78 is 6.15. The standard InChI is InChI=1S/C13H13BrN2O2S/c1-7-5-11(19-12(7)14)13(17)16-9-4-3-8(15)6-10(9)18-2/h3-6H,15H2,1-2H3,(H,16,17). The summed E-state index contributed by atoms with van der Waals surface area (Å²) in [6.45, 7) is 1.95. The highest BCUT2D eigenvalue weighted by Crippen LogP contribution is 2.30. The van der Waals surface area contributed by atoms with Crippen LogP contribution in [0.3, 0.4) is 0 Å². The lowest BCUT2D eigenvalue weighted by Gasteiger charge is -2.09. The van der Waals surface area contributed by atoms with Crippen molar-refractivity contribution in [1.29, 1.82) is 0 Å². The smallest absolute Gasteiger partial charge is 0.265 e. The minimum absolute atomic E-state index is 0.165. The van der Waals surface area contributed by atoms with E-state index < -0.39 is 0 Å². The number of carbonyl (C=O) groups is 1. The number of methoxy groups -OCH3 is 1. The Morgan fingerprint density at radius 3 is 2.74 bits per heavy atom. The van der Waals surface area contributed by atoms with Gasteiger partial charge in [-0.15, -0.1) is 11.3 Å². The van der Waals surface area contributed by atoms with Crippen LogP contribution in [0.1, 0.15) is 15.2 Å². The lowest BCUT2D eigenvalue weighted by atomic mass is 10.2. The zero-order valence-electron chi connectivity index (χ0n) is 10.5. The van der Waals surface area contributed by atoms with Crippen LogP contribution in [0.5, 0.6) is 5.75 Å². The molecule has 0 atom stereocenters. The Morgan fingerprint density at radius 2 is 2.16 bits per heavy atom. The number of benzene rings is 1. The largest absolute Gasteiger partial charge is 0.494 e. The fraction of sp³-hybridized carbons (Fsp3) is 0.154. The maximum Gasteiger partial charge on any atom is 0.265 e. The zero-order valence-corrected chi connectivity index (χ0v) is 12.9. The van der Waals surface area contributed by atoms with Gasteiger partial charge >= 0.3 is 0 Å². The summed E-state index contributed by atoms with van der Waals surface area (Å²) in [6.07, 6.45) is 0. The molecule has 0 aliphatic heterocycles. The van der Waals surface area contributed by atoms with E-state index in [0.29, 0.717) is 22.0 Å². The van der Waals surface area contributed by atoms with Crippen LogP contribution < -0.4 is 15.8 Å². The first kappa shape index (κ1) is 13.9. The Hall–Kier alpha value is -1.53. The molecule has 19 heavy (non-hydrogen) atoms. The summed E-state index contributed by atoms with van der Waals surface area (Å²) in [7, 11) is 1.54. The van der Waals surface area contributed by atoms with Crippen molar-refractivity contribution in [2.75, 3.05) is 18.2 Å². The van der Waals surface area contributed by atoms with Crippen molar-refractivity contribution in [3.63, 3.8) is 0 Å². The molecule has 2 rings (SSSR count). The molecule has 1 aromatic heterocycles. The first-order valence-electron chi connectivity index (χ1n) is 5.52. The zero-order chi connectivity index (χ0) is 14.0. The average Bonchev–Trinajstić information content (AvgIpc) is 2.72. The summed E-state index contributed by atoms with van der Waals surface area (Å²) in [5, 5.41) is 2.82. The van der Waals surface area contributed by atoms with Gasteiger partial charge < -0.3 is 15.8 Å². The van der Waals surface area contributed by atoms with E-state index in [1.54, 1.807) is 18.2 Å². The van der Waals surface area contributed by atoms with Gasteiger partial charge in [0.15, 0.2) is 0 Å². The normalized spacial score (nSPS) is 10.3. The molecule has 2 aromatic rings. The third-order valence-electron chi connectivity index (χ3n) is 2.55. The van der Waals surface area contributed by atoms with E-state index in [-0.39, 0.29) is 5.91 Å². The molecule has 0 saturated heterocycles. The van der Waals surface area contributed by atoms with Gasteiger partial charge in [0, 0.05) is 11.8 Å². The van der Waals surface area contributed by atoms with Crippen molar-refractivity contribution in [3.8, 4) is 5.75 Å². The van der Waals surface area contributed by atoms with Crippen molar-refractivity contribution in [2.24, 2.45) is 0 Å². The number of aryl methyl sites for hydroxylation is 1. The van der Waals surface area contributed by atoms with Crippen LogP contribution in [-0.4, -0.2) is 13.0 Å². The predicted molar refractivity (Wildman–Crippen MR) is 82.1 cm³/mol. The van der Waals surface area contributed by atoms with E-state index >= 15 is 0 Å². The Balaban J connectivity index is 2.23. The van der Waals surface area contributed by atoms with Gasteiger partial charge in [-0.05, 0) is 46.6 Å². The topological polar surface area (TPSA) is 64.3 Å². The molecule has 0 radical (unpaired) electrons. The Labute approximate surface area is 123 Å². The molecule has 0 fully saturated rings. The molecule has 4 nitrogen and oxygen atoms in total. The maximum absolute atomic E-state index is 12.1. The molecule has 0 spiro atoms. The first-order chi connectivity index (χ1) is 9.01. The molecular formula is C13H13BrN2O2S. The highest BCUT2D eigenvalue weighted by Gasteiger charge is 2.13. The van der Waals surface area contributed by atoms with E-state index in [0.717, 1.165) is 9.35 Å². The third-order valence-corrected chi connectivity index (χ3v) is 4.69. The van der Waals surface area contributed by atoms with Gasteiger partial charge in [-0.1, -0.05) is 0 Å². The van der Waals surface area contributed by atoms with Gasteiger partial charge in [0.25, 0.3) is 5.91 Å². The Bertz CT molecular complexity index is 606. The number of ether oxygens (including phenoxy) is 1. The van der Waals surface area contributed by atoms with Crippen LogP contribution in [0.15, 0.2) is 28.1 Å². The minimum atomic E-state index is -0.165. The highest BCUT2D eigenvalue weighted by molar-refractivity contribution is 9.11. The van der Waals surface area contributed by atoms with Crippen molar-refractivity contribution < 1.29 is 9.53 Å². The van der Waals surface area contributed by atoms with E-state index in [9.17, 15) is 4.79 Å². The molecular weight excluding hydrogens is 328 g/mol. The number of anilines is 2. The monoisotopic (exact) mass is 340 g/mol. The molecule has 6 heteroatoms. The number of carbonyl (C=O) groups excluding carboxylic acids is 1. The quantitative estimate of drug-likeness (QED) is 0.838. The average molecular weight is 341 g/mol. The van der Waals surface area contributed by atoms with Crippen LogP contribution in [0, 0.1) is 6.92 Å². The molecule has 0 aliphatic rings. The van der Waals surface area contributed by atoms with Gasteiger partial charge in [0.2, 0.25) is 0 Å². The number of hydrogen-bond acceptors (Lipinski definition) is 4. The molecule has 1 aromatic carbocycles. The maximum atomic E-state index is 12.1. The lowest BCUT2D eigenvalue weighted by molar-refractivity contribution is 0.103. The number of nitrogens with two attached hydrogens (primary N) is 1. The van der Waals surface area contributed by atoms with Crippen molar-refractivity contribution in [2.45, 2.75) is 6.92 Å². The van der Waals surface area contributed by atoms with Crippen LogP contribution in [-0.2, 0) is 0 Å². The Kier molecular flexibility index (Phi) is 4.11. The molecule has 0 bridgehead atoms. The lowest BCUT2D eigenvalue weighted by Crippen LogP contribution is -2.11. The second kappa shape index (κ2) is 5.63. The number of halogens is 1. The van der Waals surface area contributed by atoms with Gasteiger partial charge in [-0.25, -0.2) is 0 Å². The van der Waals surface area contributed by atoms with E-state index in [1.165, 1.54) is 18.4 Å². The van der Waals surface area contributed by atoms with Crippen molar-refractivity contribution in [3.05, 3.63) is 38.5 Å².